The number of benzene rings is 1. The van der Waals surface area contributed by atoms with Crippen LogP contribution in [0.2, 0.25) is 0 Å². The number of halogens is 3. The van der Waals surface area contributed by atoms with Gasteiger partial charge in [0.2, 0.25) is 5.91 Å². The zero-order valence-electron chi connectivity index (χ0n) is 17.1. The van der Waals surface area contributed by atoms with Gasteiger partial charge in [0.1, 0.15) is 5.75 Å². The Labute approximate surface area is 172 Å². The van der Waals surface area contributed by atoms with Gasteiger partial charge in [-0.25, -0.2) is 4.79 Å². The van der Waals surface area contributed by atoms with E-state index in [0.717, 1.165) is 5.56 Å². The van der Waals surface area contributed by atoms with Gasteiger partial charge in [0.05, 0.1) is 7.11 Å². The van der Waals surface area contributed by atoms with E-state index in [2.05, 4.69) is 21.7 Å². The van der Waals surface area contributed by atoms with Crippen molar-refractivity contribution in [3.05, 3.63) is 29.3 Å². The Kier molecular flexibility index (Phi) is 4.90. The Hall–Kier alpha value is -2.45. The molecule has 4 rings (SSSR count). The summed E-state index contributed by atoms with van der Waals surface area (Å²) in [7, 11) is 1.30. The van der Waals surface area contributed by atoms with E-state index in [0.29, 0.717) is 31.5 Å². The number of methoxy groups -OCH3 is 1. The topological polar surface area (TPSA) is 67.9 Å². The molecule has 3 fully saturated rings. The number of likely N-dealkylation sites (tertiary alicyclic amines) is 1. The largest absolute Gasteiger partial charge is 0.573 e. The van der Waals surface area contributed by atoms with Crippen LogP contribution in [0, 0.1) is 24.2 Å². The van der Waals surface area contributed by atoms with E-state index in [1.807, 2.05) is 11.0 Å². The van der Waals surface area contributed by atoms with E-state index in [1.165, 1.54) is 13.2 Å². The molecular weight excluding hydrogens is 401 g/mol. The summed E-state index contributed by atoms with van der Waals surface area (Å²) in [5.41, 5.74) is 1.13. The first kappa shape index (κ1) is 20.8. The molecule has 1 N–H and O–H groups in total. The van der Waals surface area contributed by atoms with E-state index < -0.39 is 12.5 Å². The van der Waals surface area contributed by atoms with Crippen LogP contribution in [0.25, 0.3) is 0 Å². The average molecular weight is 426 g/mol. The lowest BCUT2D eigenvalue weighted by Gasteiger charge is -2.37. The molecular formula is C21H25F3N2O4. The van der Waals surface area contributed by atoms with Gasteiger partial charge in [0.25, 0.3) is 0 Å². The monoisotopic (exact) mass is 426 g/mol. The van der Waals surface area contributed by atoms with Crippen molar-refractivity contribution in [2.24, 2.45) is 17.3 Å². The van der Waals surface area contributed by atoms with Gasteiger partial charge in [-0.1, -0.05) is 19.1 Å². The molecule has 1 aliphatic heterocycles. The number of amides is 2. The van der Waals surface area contributed by atoms with Crippen LogP contribution in [0.3, 0.4) is 0 Å². The van der Waals surface area contributed by atoms with Crippen LogP contribution in [0.1, 0.15) is 36.8 Å². The van der Waals surface area contributed by atoms with E-state index in [-0.39, 0.29) is 40.9 Å². The number of rotatable bonds is 4. The van der Waals surface area contributed by atoms with Crippen LogP contribution in [0.5, 0.6) is 5.75 Å². The zero-order chi connectivity index (χ0) is 21.8. The summed E-state index contributed by atoms with van der Waals surface area (Å²) in [5.74, 6) is 0.174. The van der Waals surface area contributed by atoms with Gasteiger partial charge in [0, 0.05) is 25.0 Å². The summed E-state index contributed by atoms with van der Waals surface area (Å²) in [6.07, 6.45) is -4.01. The van der Waals surface area contributed by atoms with Gasteiger partial charge in [0.15, 0.2) is 0 Å². The summed E-state index contributed by atoms with van der Waals surface area (Å²) in [6, 6.07) is 4.96. The standard InChI is InChI=1S/C21H25F3N2O4/c1-11-4-5-12(8-16(11)30-21(22,23)24)17-15-9-26(10-20(15,17)2)18(27)13-6-14(7-13)25-19(28)29-3/h4-5,8,13-15,17H,6-7,9-10H2,1-3H3,(H,25,28). The fourth-order valence-corrected chi connectivity index (χ4v) is 5.15. The molecule has 1 aromatic rings. The maximum atomic E-state index is 12.8. The first-order valence-corrected chi connectivity index (χ1v) is 10.0. The number of hydrogen-bond donors (Lipinski definition) is 1. The van der Waals surface area contributed by atoms with E-state index in [9.17, 15) is 22.8 Å². The smallest absolute Gasteiger partial charge is 0.453 e. The molecule has 1 heterocycles. The Morgan fingerprint density at radius 3 is 2.53 bits per heavy atom. The van der Waals surface area contributed by atoms with Gasteiger partial charge in [-0.05, 0) is 54.2 Å². The van der Waals surface area contributed by atoms with Crippen molar-refractivity contribution in [2.45, 2.75) is 45.0 Å². The van der Waals surface area contributed by atoms with Gasteiger partial charge in [-0.2, -0.15) is 0 Å². The van der Waals surface area contributed by atoms with Crippen molar-refractivity contribution in [3.63, 3.8) is 0 Å². The Bertz CT molecular complexity index is 868. The first-order valence-electron chi connectivity index (χ1n) is 10.0. The minimum absolute atomic E-state index is 0.0357. The Balaban J connectivity index is 1.35. The Morgan fingerprint density at radius 1 is 1.27 bits per heavy atom. The molecule has 1 aromatic carbocycles. The summed E-state index contributed by atoms with van der Waals surface area (Å²) < 4.78 is 46.7. The van der Waals surface area contributed by atoms with Crippen LogP contribution < -0.4 is 10.1 Å². The zero-order valence-corrected chi connectivity index (χ0v) is 17.1. The fraction of sp³-hybridized carbons (Fsp3) is 0.619. The summed E-state index contributed by atoms with van der Waals surface area (Å²) in [6.45, 7) is 4.87. The maximum absolute atomic E-state index is 12.8. The van der Waals surface area contributed by atoms with Gasteiger partial charge in [-0.3, -0.25) is 4.79 Å². The number of carbonyl (C=O) groups excluding carboxylic acids is 2. The van der Waals surface area contributed by atoms with E-state index >= 15 is 0 Å². The maximum Gasteiger partial charge on any atom is 0.573 e. The number of aryl methyl sites for hydroxylation is 1. The molecule has 2 amide bonds. The summed E-state index contributed by atoms with van der Waals surface area (Å²) >= 11 is 0. The number of hydrogen-bond acceptors (Lipinski definition) is 4. The average Bonchev–Trinajstić information content (AvgIpc) is 3.03. The van der Waals surface area contributed by atoms with Crippen molar-refractivity contribution in [3.8, 4) is 5.75 Å². The number of alkyl carbamates (subject to hydrolysis) is 1. The second-order valence-corrected chi connectivity index (χ2v) is 8.88. The number of carbonyl (C=O) groups is 2. The SMILES string of the molecule is COC(=O)NC1CC(C(=O)N2CC3C(c4ccc(C)c(OC(F)(F)F)c4)C3(C)C2)C1. The van der Waals surface area contributed by atoms with Crippen LogP contribution in [0.15, 0.2) is 18.2 Å². The molecule has 3 unspecified atom stereocenters. The molecule has 0 spiro atoms. The molecule has 164 valence electrons. The van der Waals surface area contributed by atoms with Crippen LogP contribution in [0.4, 0.5) is 18.0 Å². The van der Waals surface area contributed by atoms with Crippen LogP contribution >= 0.6 is 0 Å². The lowest BCUT2D eigenvalue weighted by atomic mass is 9.79. The first-order chi connectivity index (χ1) is 14.0. The highest BCUT2D eigenvalue weighted by atomic mass is 19.4. The fourth-order valence-electron chi connectivity index (χ4n) is 5.15. The number of piperidine rings is 1. The number of nitrogens with one attached hydrogen (secondary N) is 1. The third-order valence-corrected chi connectivity index (χ3v) is 6.90. The van der Waals surface area contributed by atoms with Crippen molar-refractivity contribution in [1.82, 2.24) is 10.2 Å². The summed E-state index contributed by atoms with van der Waals surface area (Å²) in [4.78, 5) is 25.9. The molecule has 3 aliphatic rings. The van der Waals surface area contributed by atoms with Crippen LogP contribution in [-0.4, -0.2) is 49.5 Å². The molecule has 30 heavy (non-hydrogen) atoms. The summed E-state index contributed by atoms with van der Waals surface area (Å²) in [5, 5.41) is 2.70. The minimum atomic E-state index is -4.72. The second-order valence-electron chi connectivity index (χ2n) is 8.88. The number of fused-ring (bicyclic) bond motifs is 1. The minimum Gasteiger partial charge on any atom is -0.453 e. The van der Waals surface area contributed by atoms with E-state index in [4.69, 9.17) is 0 Å². The molecule has 9 heteroatoms. The number of alkyl halides is 3. The van der Waals surface area contributed by atoms with Gasteiger partial charge in [-0.15, -0.1) is 13.2 Å². The predicted molar refractivity (Wildman–Crippen MR) is 101 cm³/mol. The van der Waals surface area contributed by atoms with Crippen LogP contribution in [-0.2, 0) is 9.53 Å². The molecule has 0 bridgehead atoms. The molecule has 0 aromatic heterocycles. The van der Waals surface area contributed by atoms with Gasteiger partial charge < -0.3 is 19.7 Å². The molecule has 6 nitrogen and oxygen atoms in total. The highest BCUT2D eigenvalue weighted by Crippen LogP contribution is 2.68. The lowest BCUT2D eigenvalue weighted by molar-refractivity contribution is -0.274. The molecule has 0 radical (unpaired) electrons. The molecule has 2 saturated carbocycles. The third-order valence-electron chi connectivity index (χ3n) is 6.90. The van der Waals surface area contributed by atoms with Crippen molar-refractivity contribution in [1.29, 1.82) is 0 Å². The molecule has 2 aliphatic carbocycles. The lowest BCUT2D eigenvalue weighted by Crippen LogP contribution is -2.50. The highest BCUT2D eigenvalue weighted by molar-refractivity contribution is 5.81. The third kappa shape index (κ3) is 3.70. The molecule has 3 atom stereocenters. The number of nitrogens with zero attached hydrogens (tertiary/aromatic N) is 1. The van der Waals surface area contributed by atoms with Crippen molar-refractivity contribution in [2.75, 3.05) is 20.2 Å². The van der Waals surface area contributed by atoms with Gasteiger partial charge >= 0.3 is 12.5 Å². The number of ether oxygens (including phenoxy) is 2. The normalized spacial score (nSPS) is 32.1. The second kappa shape index (κ2) is 7.06. The van der Waals surface area contributed by atoms with Crippen molar-refractivity contribution < 1.29 is 32.2 Å². The van der Waals surface area contributed by atoms with Crippen molar-refractivity contribution >= 4 is 12.0 Å². The quantitative estimate of drug-likeness (QED) is 0.799. The Morgan fingerprint density at radius 2 is 1.97 bits per heavy atom. The van der Waals surface area contributed by atoms with E-state index in [1.54, 1.807) is 13.0 Å². The predicted octanol–water partition coefficient (Wildman–Crippen LogP) is 3.59. The molecule has 1 saturated heterocycles. The highest BCUT2D eigenvalue weighted by Gasteiger charge is 2.67.